The van der Waals surface area contributed by atoms with Crippen molar-refractivity contribution in [3.8, 4) is 0 Å². The normalized spacial score (nSPS) is 22.8. The van der Waals surface area contributed by atoms with E-state index in [1.165, 1.54) is 18.4 Å². The lowest BCUT2D eigenvalue weighted by atomic mass is 9.80. The Kier molecular flexibility index (Phi) is 2.71. The molecule has 20 heavy (non-hydrogen) atoms. The molecule has 1 nitrogen and oxygen atoms in total. The second kappa shape index (κ2) is 4.46. The summed E-state index contributed by atoms with van der Waals surface area (Å²) in [4.78, 5) is 2.24. The minimum absolute atomic E-state index is 0.647. The predicted octanol–water partition coefficient (Wildman–Crippen LogP) is 3.92. The van der Waals surface area contributed by atoms with Crippen LogP contribution in [0, 0.1) is 0 Å². The maximum atomic E-state index is 2.44. The van der Waals surface area contributed by atoms with Gasteiger partial charge in [0.1, 0.15) is 0 Å². The van der Waals surface area contributed by atoms with Crippen molar-refractivity contribution >= 4 is 0 Å². The van der Waals surface area contributed by atoms with Gasteiger partial charge in [-0.3, -0.25) is 0 Å². The van der Waals surface area contributed by atoms with E-state index in [1.807, 2.05) is 0 Å². The third kappa shape index (κ3) is 1.81. The smallest absolute Gasteiger partial charge is 0.0227 e. The van der Waals surface area contributed by atoms with Crippen LogP contribution in [0.2, 0.25) is 0 Å². The molecule has 2 aromatic rings. The first-order valence-electron chi connectivity index (χ1n) is 7.57. The Morgan fingerprint density at radius 2 is 1.80 bits per heavy atom. The Balaban J connectivity index is 1.77. The van der Waals surface area contributed by atoms with E-state index in [0.29, 0.717) is 5.92 Å². The second-order valence-electron chi connectivity index (χ2n) is 6.59. The molecule has 0 heterocycles. The third-order valence-electron chi connectivity index (χ3n) is 4.88. The van der Waals surface area contributed by atoms with Gasteiger partial charge in [0.25, 0.3) is 0 Å². The summed E-state index contributed by atoms with van der Waals surface area (Å²) < 4.78 is 0. The van der Waals surface area contributed by atoms with E-state index in [4.69, 9.17) is 0 Å². The highest BCUT2D eigenvalue weighted by Gasteiger charge is 2.36. The summed E-state index contributed by atoms with van der Waals surface area (Å²) in [6.07, 6.45) is 2.55. The van der Waals surface area contributed by atoms with Gasteiger partial charge in [0.15, 0.2) is 0 Å². The Morgan fingerprint density at radius 1 is 1.00 bits per heavy atom. The van der Waals surface area contributed by atoms with Gasteiger partial charge in [-0.15, -0.1) is 0 Å². The first-order valence-corrected chi connectivity index (χ1v) is 7.57. The predicted molar refractivity (Wildman–Crippen MR) is 83.2 cm³/mol. The number of hydrogen-bond donors (Lipinski definition) is 0. The van der Waals surface area contributed by atoms with E-state index in [9.17, 15) is 0 Å². The highest BCUT2D eigenvalue weighted by Crippen LogP contribution is 2.51. The van der Waals surface area contributed by atoms with Gasteiger partial charge in [-0.25, -0.2) is 0 Å². The molecule has 0 amide bonds. The molecule has 0 radical (unpaired) electrons. The molecular weight excluding hydrogens is 242 g/mol. The molecule has 0 saturated carbocycles. The maximum Gasteiger partial charge on any atom is 0.0227 e. The first kappa shape index (κ1) is 12.2. The highest BCUT2D eigenvalue weighted by atomic mass is 15.0. The zero-order valence-electron chi connectivity index (χ0n) is 12.3. The number of nitrogens with zero attached hydrogens (tertiary/aromatic N) is 1. The van der Waals surface area contributed by atoms with E-state index >= 15 is 0 Å². The Bertz CT molecular complexity index is 657. The van der Waals surface area contributed by atoms with Crippen molar-refractivity contribution in [2.24, 2.45) is 0 Å². The average molecular weight is 263 g/mol. The van der Waals surface area contributed by atoms with E-state index < -0.39 is 0 Å². The van der Waals surface area contributed by atoms with Crippen LogP contribution in [-0.4, -0.2) is 19.0 Å². The van der Waals surface area contributed by atoms with Crippen molar-refractivity contribution in [1.82, 2.24) is 4.90 Å². The SMILES string of the molecule is CN(C)Cc1ccc2c(c1)CC1CC2c2ccccc21. The summed E-state index contributed by atoms with van der Waals surface area (Å²) in [6.45, 7) is 1.04. The zero-order chi connectivity index (χ0) is 13.7. The molecule has 2 unspecified atom stereocenters. The highest BCUT2D eigenvalue weighted by molar-refractivity contribution is 5.52. The lowest BCUT2D eigenvalue weighted by Crippen LogP contribution is -2.14. The van der Waals surface area contributed by atoms with Crippen LogP contribution in [0.1, 0.15) is 46.1 Å². The number of rotatable bonds is 2. The van der Waals surface area contributed by atoms with Crippen molar-refractivity contribution in [3.05, 3.63) is 70.3 Å². The molecule has 1 heteroatoms. The molecule has 0 aliphatic heterocycles. The van der Waals surface area contributed by atoms with Gasteiger partial charge >= 0.3 is 0 Å². The fourth-order valence-electron chi connectivity index (χ4n) is 4.13. The van der Waals surface area contributed by atoms with Crippen LogP contribution in [0.5, 0.6) is 0 Å². The molecule has 0 fully saturated rings. The average Bonchev–Trinajstić information content (AvgIpc) is 2.73. The van der Waals surface area contributed by atoms with E-state index in [-0.39, 0.29) is 0 Å². The van der Waals surface area contributed by atoms with Crippen LogP contribution in [0.15, 0.2) is 42.5 Å². The monoisotopic (exact) mass is 263 g/mol. The molecule has 0 N–H and O–H groups in total. The van der Waals surface area contributed by atoms with Gasteiger partial charge in [-0.2, -0.15) is 0 Å². The summed E-state index contributed by atoms with van der Waals surface area (Å²) >= 11 is 0. The molecule has 2 bridgehead atoms. The lowest BCUT2D eigenvalue weighted by Gasteiger charge is -2.24. The van der Waals surface area contributed by atoms with Crippen molar-refractivity contribution in [3.63, 3.8) is 0 Å². The van der Waals surface area contributed by atoms with Crippen molar-refractivity contribution in [2.75, 3.05) is 14.1 Å². The largest absolute Gasteiger partial charge is 0.305 e. The fraction of sp³-hybridized carbons (Fsp3) is 0.368. The Labute approximate surface area is 121 Å². The maximum absolute atomic E-state index is 2.44. The number of hydrogen-bond acceptors (Lipinski definition) is 1. The van der Waals surface area contributed by atoms with Gasteiger partial charge in [0, 0.05) is 12.5 Å². The molecular formula is C19H21N. The van der Waals surface area contributed by atoms with E-state index in [1.54, 1.807) is 22.3 Å². The van der Waals surface area contributed by atoms with Crippen LogP contribution in [-0.2, 0) is 13.0 Å². The van der Waals surface area contributed by atoms with Crippen LogP contribution < -0.4 is 0 Å². The minimum Gasteiger partial charge on any atom is -0.305 e. The Morgan fingerprint density at radius 3 is 2.60 bits per heavy atom. The summed E-state index contributed by atoms with van der Waals surface area (Å²) in [7, 11) is 4.28. The fourth-order valence-corrected chi connectivity index (χ4v) is 4.13. The van der Waals surface area contributed by atoms with Crippen LogP contribution in [0.4, 0.5) is 0 Å². The summed E-state index contributed by atoms with van der Waals surface area (Å²) in [5, 5.41) is 0. The van der Waals surface area contributed by atoms with Crippen molar-refractivity contribution < 1.29 is 0 Å². The quantitative estimate of drug-likeness (QED) is 0.793. The van der Waals surface area contributed by atoms with Crippen LogP contribution >= 0.6 is 0 Å². The van der Waals surface area contributed by atoms with Gasteiger partial charge in [-0.1, -0.05) is 42.5 Å². The minimum atomic E-state index is 0.647. The first-order chi connectivity index (χ1) is 9.72. The van der Waals surface area contributed by atoms with Crippen molar-refractivity contribution in [2.45, 2.75) is 31.2 Å². The molecule has 2 atom stereocenters. The lowest BCUT2D eigenvalue weighted by molar-refractivity contribution is 0.402. The standard InChI is InChI=1S/C19H21N/c1-20(2)12-13-7-8-17-14(9-13)10-15-11-19(17)18-6-4-3-5-16(15)18/h3-9,15,19H,10-12H2,1-2H3. The molecule has 2 aliphatic rings. The third-order valence-corrected chi connectivity index (χ3v) is 4.88. The summed E-state index contributed by atoms with van der Waals surface area (Å²) in [5.41, 5.74) is 7.79. The molecule has 102 valence electrons. The molecule has 0 saturated heterocycles. The van der Waals surface area contributed by atoms with Gasteiger partial charge < -0.3 is 4.90 Å². The number of fused-ring (bicyclic) bond motifs is 7. The van der Waals surface area contributed by atoms with E-state index in [0.717, 1.165) is 12.5 Å². The topological polar surface area (TPSA) is 3.24 Å². The van der Waals surface area contributed by atoms with Crippen molar-refractivity contribution in [1.29, 1.82) is 0 Å². The zero-order valence-corrected chi connectivity index (χ0v) is 12.3. The summed E-state index contributed by atoms with van der Waals surface area (Å²) in [5.74, 6) is 1.40. The molecule has 2 aliphatic carbocycles. The second-order valence-corrected chi connectivity index (χ2v) is 6.59. The number of benzene rings is 2. The molecule has 0 aromatic heterocycles. The van der Waals surface area contributed by atoms with Crippen LogP contribution in [0.3, 0.4) is 0 Å². The van der Waals surface area contributed by atoms with E-state index in [2.05, 4.69) is 61.5 Å². The van der Waals surface area contributed by atoms with Gasteiger partial charge in [0.2, 0.25) is 0 Å². The molecule has 2 aromatic carbocycles. The van der Waals surface area contributed by atoms with Crippen LogP contribution in [0.25, 0.3) is 0 Å². The molecule has 4 rings (SSSR count). The molecule has 0 spiro atoms. The Hall–Kier alpha value is -1.60. The van der Waals surface area contributed by atoms with Gasteiger partial charge in [-0.05, 0) is 60.7 Å². The van der Waals surface area contributed by atoms with Gasteiger partial charge in [0.05, 0.1) is 0 Å². The summed E-state index contributed by atoms with van der Waals surface area (Å²) in [6, 6.07) is 16.2.